The van der Waals surface area contributed by atoms with Crippen molar-refractivity contribution in [2.45, 2.75) is 5.41 Å². The van der Waals surface area contributed by atoms with Gasteiger partial charge in [-0.3, -0.25) is 0 Å². The van der Waals surface area contributed by atoms with Crippen molar-refractivity contribution >= 4 is 79.3 Å². The van der Waals surface area contributed by atoms with Crippen molar-refractivity contribution in [1.82, 2.24) is 9.27 Å². The summed E-state index contributed by atoms with van der Waals surface area (Å²) in [6, 6.07) is 73.9. The monoisotopic (exact) mass is 856 g/mol. The molecule has 0 saturated carbocycles. The average molecular weight is 857 g/mol. The first-order chi connectivity index (χ1) is 32.8. The van der Waals surface area contributed by atoms with Crippen molar-refractivity contribution in [2.24, 2.45) is 0 Å². The molecule has 6 nitrogen and oxygen atoms in total. The highest BCUT2D eigenvalue weighted by Gasteiger charge is 2.72. The Bertz CT molecular complexity index is 4120. The van der Waals surface area contributed by atoms with E-state index in [0.717, 1.165) is 34.4 Å². The molecule has 0 fully saturated rings. The molecule has 7 heteroatoms. The van der Waals surface area contributed by atoms with Crippen molar-refractivity contribution in [3.63, 3.8) is 0 Å². The second-order valence-corrected chi connectivity index (χ2v) is 22.5. The summed E-state index contributed by atoms with van der Waals surface area (Å²) in [4.78, 5) is 2.55. The number of rotatable bonds is 0. The van der Waals surface area contributed by atoms with Crippen LogP contribution in [0.15, 0.2) is 207 Å². The fourth-order valence-electron chi connectivity index (χ4n) is 14.6. The molecule has 0 bridgehead atoms. The molecule has 1 aliphatic carbocycles. The summed E-state index contributed by atoms with van der Waals surface area (Å²) in [5.41, 5.74) is 18.1. The maximum absolute atomic E-state index is 7.39. The van der Waals surface area contributed by atoms with Crippen LogP contribution < -0.4 is 44.4 Å². The smallest absolute Gasteiger partial charge is 0.350 e. The summed E-state index contributed by atoms with van der Waals surface area (Å²) in [7, 11) is -2.95. The van der Waals surface area contributed by atoms with Gasteiger partial charge in [0.15, 0.2) is 20.5 Å². The fraction of sp³-hybridized carbons (Fsp3) is 0.0169. The molecule has 3 aromatic heterocycles. The second kappa shape index (κ2) is 10.6. The lowest BCUT2D eigenvalue weighted by Crippen LogP contribution is -2.88. The molecule has 1 unspecified atom stereocenters. The number of ether oxygens (including phenoxy) is 1. The Morgan fingerprint density at radius 1 is 0.439 bits per heavy atom. The van der Waals surface area contributed by atoms with Gasteiger partial charge in [-0.1, -0.05) is 140 Å². The van der Waals surface area contributed by atoms with Gasteiger partial charge >= 0.3 is 22.8 Å². The van der Waals surface area contributed by atoms with E-state index in [1.54, 1.807) is 0 Å². The lowest BCUT2D eigenvalue weighted by molar-refractivity contribution is -1.03. The zero-order chi connectivity index (χ0) is 42.4. The lowest BCUT2D eigenvalue weighted by Gasteiger charge is -2.46. The Balaban J connectivity index is 1.08. The summed E-state index contributed by atoms with van der Waals surface area (Å²) in [5, 5.41) is 8.30. The van der Waals surface area contributed by atoms with E-state index in [1.165, 1.54) is 98.6 Å². The second-order valence-electron chi connectivity index (χ2n) is 18.9. The standard InChI is InChI=1S/C59H34N5OSi/c1-5-21-41-35(15-1)36-16-2-6-22-42(36)59(41)43-23-7-8-25-45(43)62-46-26-12-27-47-55(46)64(61-34-14-24-44(59)58(61)62)56-48(65-47)31-32-52-54(56)63-53-39(40-20-13-33-60(64)57(40)63)19-11-30-51(53)66(52)49-28-9-3-17-37(49)38-18-4-10-29-50(38)66/h1-34H/q+3. The van der Waals surface area contributed by atoms with E-state index in [2.05, 4.69) is 225 Å². The van der Waals surface area contributed by atoms with Gasteiger partial charge < -0.3 is 4.74 Å². The Morgan fingerprint density at radius 3 is 1.82 bits per heavy atom. The summed E-state index contributed by atoms with van der Waals surface area (Å²) in [6.45, 7) is 0. The summed E-state index contributed by atoms with van der Waals surface area (Å²) < 4.78 is 15.5. The number of fused-ring (bicyclic) bond motifs is 18. The Labute approximate surface area is 379 Å². The van der Waals surface area contributed by atoms with E-state index in [9.17, 15) is 0 Å². The van der Waals surface area contributed by atoms with E-state index in [0.29, 0.717) is 0 Å². The Kier molecular flexibility index (Phi) is 5.33. The predicted molar refractivity (Wildman–Crippen MR) is 262 cm³/mol. The summed E-state index contributed by atoms with van der Waals surface area (Å²) >= 11 is 0. The largest absolute Gasteiger partial charge is 0.444 e. The van der Waals surface area contributed by atoms with Gasteiger partial charge in [0.05, 0.1) is 21.1 Å². The maximum Gasteiger partial charge on any atom is 0.350 e. The molecule has 302 valence electrons. The highest BCUT2D eigenvalue weighted by atomic mass is 28.3. The average Bonchev–Trinajstić information content (AvgIpc) is 3.99. The van der Waals surface area contributed by atoms with E-state index in [-0.39, 0.29) is 4.70 Å². The van der Waals surface area contributed by atoms with Crippen LogP contribution in [-0.4, -0.2) is 12.6 Å². The van der Waals surface area contributed by atoms with Crippen molar-refractivity contribution < 1.29 is 14.1 Å². The van der Waals surface area contributed by atoms with E-state index >= 15 is 0 Å². The van der Waals surface area contributed by atoms with Gasteiger partial charge in [0.2, 0.25) is 22.9 Å². The van der Waals surface area contributed by atoms with Gasteiger partial charge in [0, 0.05) is 21.3 Å². The van der Waals surface area contributed by atoms with Crippen LogP contribution in [0, 0.1) is 0 Å². The molecule has 3 spiro atoms. The van der Waals surface area contributed by atoms with E-state index in [1.807, 2.05) is 0 Å². The van der Waals surface area contributed by atoms with Gasteiger partial charge in [-0.25, -0.2) is 0 Å². The number of hydrogen-bond acceptors (Lipinski definition) is 2. The van der Waals surface area contributed by atoms with Gasteiger partial charge in [0.1, 0.15) is 11.2 Å². The third-order valence-electron chi connectivity index (χ3n) is 16.6. The number of hydrogen-bond donors (Lipinski definition) is 0. The SMILES string of the molecule is c1ccc2c(c1)-c1ccccc1C21c2ccccc2N2c3cccc4c3[N+]3(c5c(ccc6c5-n5c7c(cccc7c7ccc[n+]3c75)[Si]63c5ccccc5-c5ccccc53)O4)[n+]3cccc1c32. The van der Waals surface area contributed by atoms with Gasteiger partial charge in [-0.2, -0.15) is 9.47 Å². The predicted octanol–water partition coefficient (Wildman–Crippen LogP) is 9.47. The van der Waals surface area contributed by atoms with Crippen LogP contribution in [0.25, 0.3) is 49.9 Å². The van der Waals surface area contributed by atoms with E-state index in [4.69, 9.17) is 4.74 Å². The minimum absolute atomic E-state index is 0.266. The number of quaternary nitrogens is 1. The zero-order valence-electron chi connectivity index (χ0n) is 35.3. The highest BCUT2D eigenvalue weighted by Crippen LogP contribution is 2.67. The van der Waals surface area contributed by atoms with Gasteiger partial charge in [0.25, 0.3) is 0 Å². The number of para-hydroxylation sites is 3. The third-order valence-corrected chi connectivity index (χ3v) is 21.5. The quantitative estimate of drug-likeness (QED) is 0.0864. The molecule has 0 saturated heterocycles. The lowest BCUT2D eigenvalue weighted by atomic mass is 9.65. The molecule has 8 aromatic carbocycles. The minimum Gasteiger partial charge on any atom is -0.444 e. The van der Waals surface area contributed by atoms with Crippen molar-refractivity contribution in [3.05, 3.63) is 229 Å². The summed E-state index contributed by atoms with van der Waals surface area (Å²) in [5.74, 6) is 2.87. The molecular formula is C59H34N5OSi+3. The first-order valence-corrected chi connectivity index (χ1v) is 25.0. The number of aromatic nitrogens is 3. The molecule has 11 aromatic rings. The van der Waals surface area contributed by atoms with Crippen LogP contribution in [0.5, 0.6) is 11.5 Å². The first-order valence-electron chi connectivity index (χ1n) is 23.0. The molecule has 66 heavy (non-hydrogen) atoms. The molecule has 0 amide bonds. The van der Waals surface area contributed by atoms with Crippen LogP contribution in [0.3, 0.4) is 0 Å². The van der Waals surface area contributed by atoms with Crippen LogP contribution in [0.4, 0.5) is 28.6 Å². The zero-order valence-corrected chi connectivity index (χ0v) is 36.3. The molecule has 6 aliphatic heterocycles. The van der Waals surface area contributed by atoms with Crippen molar-refractivity contribution in [1.29, 1.82) is 0 Å². The number of pyridine rings is 2. The number of benzene rings is 8. The van der Waals surface area contributed by atoms with Crippen LogP contribution in [-0.2, 0) is 5.41 Å². The number of nitrogens with zero attached hydrogens (tertiary/aromatic N) is 5. The molecular weight excluding hydrogens is 823 g/mol. The summed E-state index contributed by atoms with van der Waals surface area (Å²) in [6.07, 6.45) is 4.67. The Morgan fingerprint density at radius 2 is 1.03 bits per heavy atom. The first kappa shape index (κ1) is 33.2. The number of anilines is 3. The molecule has 0 radical (unpaired) electrons. The fourth-order valence-corrected chi connectivity index (χ4v) is 20.2. The molecule has 1 atom stereocenters. The minimum atomic E-state index is -2.95. The molecule has 18 rings (SSSR count). The van der Waals surface area contributed by atoms with Gasteiger partial charge in [-0.15, -0.1) is 0 Å². The van der Waals surface area contributed by atoms with Crippen molar-refractivity contribution in [2.75, 3.05) is 4.90 Å². The molecule has 0 N–H and O–H groups in total. The molecule has 9 heterocycles. The maximum atomic E-state index is 7.39. The van der Waals surface area contributed by atoms with Crippen molar-refractivity contribution in [3.8, 4) is 39.4 Å². The van der Waals surface area contributed by atoms with Crippen LogP contribution >= 0.6 is 0 Å². The molecule has 7 aliphatic rings. The van der Waals surface area contributed by atoms with Crippen LogP contribution in [0.1, 0.15) is 22.3 Å². The topological polar surface area (TPSA) is 25.2 Å². The van der Waals surface area contributed by atoms with Gasteiger partial charge in [-0.05, 0) is 108 Å². The van der Waals surface area contributed by atoms with Crippen LogP contribution in [0.2, 0.25) is 0 Å². The normalized spacial score (nSPS) is 18.1. The Hall–Kier alpha value is -8.36. The highest BCUT2D eigenvalue weighted by molar-refractivity contribution is 7.23. The van der Waals surface area contributed by atoms with E-state index < -0.39 is 13.5 Å². The third kappa shape index (κ3) is 3.10.